The highest BCUT2D eigenvalue weighted by Gasteiger charge is 2.63. The lowest BCUT2D eigenvalue weighted by atomic mass is 9.43. The van der Waals surface area contributed by atoms with Crippen molar-refractivity contribution in [1.82, 2.24) is 5.32 Å². The highest BCUT2D eigenvalue weighted by atomic mass is 16.4. The zero-order valence-corrected chi connectivity index (χ0v) is 22.7. The van der Waals surface area contributed by atoms with Gasteiger partial charge in [-0.2, -0.15) is 0 Å². The van der Waals surface area contributed by atoms with Crippen molar-refractivity contribution in [2.24, 2.45) is 46.3 Å². The maximum absolute atomic E-state index is 12.5. The third-order valence-electron chi connectivity index (χ3n) is 11.6. The molecular weight excluding hydrogens is 474 g/mol. The average Bonchev–Trinajstić information content (AvgIpc) is 3.20. The van der Waals surface area contributed by atoms with Crippen molar-refractivity contribution < 1.29 is 34.8 Å². The first-order valence-electron chi connectivity index (χ1n) is 14.5. The first kappa shape index (κ1) is 28.3. The number of hydrogen-bond acceptors (Lipinski definition) is 5. The van der Waals surface area contributed by atoms with E-state index in [4.69, 9.17) is 5.11 Å². The van der Waals surface area contributed by atoms with Crippen LogP contribution in [0.1, 0.15) is 97.8 Å². The van der Waals surface area contributed by atoms with Crippen LogP contribution >= 0.6 is 0 Å². The van der Waals surface area contributed by atoms with Gasteiger partial charge in [-0.05, 0) is 111 Å². The summed E-state index contributed by atoms with van der Waals surface area (Å²) in [5, 5.41) is 42.6. The largest absolute Gasteiger partial charge is 0.481 e. The predicted molar refractivity (Wildman–Crippen MR) is 137 cm³/mol. The Hall–Kier alpha value is -1.67. The SMILES string of the molecule is C[C@H](CCC(=O)N[C@@H](CCC(=O)O)C(=O)O)[C@H]1CC[C@H]2[C@@H]3CC[C@@H]4C[C@H](O)CC[C@]4(C)[C@H]3C[C@H](O)[C@]12C. The fourth-order valence-corrected chi connectivity index (χ4v) is 9.51. The number of rotatable bonds is 9. The smallest absolute Gasteiger partial charge is 0.326 e. The molecule has 0 saturated heterocycles. The topological polar surface area (TPSA) is 144 Å². The summed E-state index contributed by atoms with van der Waals surface area (Å²) in [5.74, 6) is -0.0122. The molecular formula is C29H47NO7. The number of carbonyl (C=O) groups excluding carboxylic acids is 1. The second-order valence-electron chi connectivity index (χ2n) is 13.3. The number of hydrogen-bond donors (Lipinski definition) is 5. The van der Waals surface area contributed by atoms with Crippen LogP contribution in [0.3, 0.4) is 0 Å². The van der Waals surface area contributed by atoms with Crippen LogP contribution in [0.2, 0.25) is 0 Å². The van der Waals surface area contributed by atoms with E-state index in [-0.39, 0.29) is 54.1 Å². The van der Waals surface area contributed by atoms with Gasteiger partial charge in [-0.25, -0.2) is 4.79 Å². The molecule has 210 valence electrons. The van der Waals surface area contributed by atoms with E-state index < -0.39 is 18.0 Å². The summed E-state index contributed by atoms with van der Waals surface area (Å²) in [6.07, 6.45) is 7.96. The number of aliphatic hydroxyl groups is 2. The number of carboxylic acids is 2. The van der Waals surface area contributed by atoms with Gasteiger partial charge in [0.1, 0.15) is 6.04 Å². The van der Waals surface area contributed by atoms with E-state index in [9.17, 15) is 29.7 Å². The van der Waals surface area contributed by atoms with Crippen LogP contribution < -0.4 is 5.32 Å². The summed E-state index contributed by atoms with van der Waals surface area (Å²) in [6, 6.07) is -1.19. The van der Waals surface area contributed by atoms with Crippen LogP contribution in [0.4, 0.5) is 0 Å². The molecule has 0 unspecified atom stereocenters. The number of aliphatic hydroxyl groups excluding tert-OH is 2. The molecule has 4 rings (SSSR count). The van der Waals surface area contributed by atoms with Crippen molar-refractivity contribution in [3.05, 3.63) is 0 Å². The molecule has 0 aromatic carbocycles. The Balaban J connectivity index is 1.39. The molecule has 0 bridgehead atoms. The Bertz CT molecular complexity index is 878. The Labute approximate surface area is 220 Å². The highest BCUT2D eigenvalue weighted by Crippen LogP contribution is 2.68. The van der Waals surface area contributed by atoms with Crippen LogP contribution in [0, 0.1) is 46.3 Å². The molecule has 0 heterocycles. The van der Waals surface area contributed by atoms with Gasteiger partial charge in [0.15, 0.2) is 0 Å². The minimum absolute atomic E-state index is 0.137. The fraction of sp³-hybridized carbons (Fsp3) is 0.897. The van der Waals surface area contributed by atoms with Gasteiger partial charge in [0, 0.05) is 12.8 Å². The van der Waals surface area contributed by atoms with Crippen molar-refractivity contribution >= 4 is 17.8 Å². The highest BCUT2D eigenvalue weighted by molar-refractivity contribution is 5.83. The molecule has 8 heteroatoms. The van der Waals surface area contributed by atoms with Gasteiger partial charge in [0.05, 0.1) is 12.2 Å². The van der Waals surface area contributed by atoms with Crippen LogP contribution in [0.15, 0.2) is 0 Å². The second-order valence-corrected chi connectivity index (χ2v) is 13.3. The molecule has 4 fully saturated rings. The van der Waals surface area contributed by atoms with E-state index in [1.54, 1.807) is 0 Å². The molecule has 0 aromatic rings. The molecule has 4 aliphatic rings. The molecule has 8 nitrogen and oxygen atoms in total. The lowest BCUT2D eigenvalue weighted by Crippen LogP contribution is -2.58. The first-order chi connectivity index (χ1) is 17.4. The van der Waals surface area contributed by atoms with Crippen molar-refractivity contribution in [2.75, 3.05) is 0 Å². The van der Waals surface area contributed by atoms with E-state index in [0.717, 1.165) is 38.5 Å². The van der Waals surface area contributed by atoms with Crippen molar-refractivity contribution in [1.29, 1.82) is 0 Å². The molecule has 0 spiro atoms. The number of carbonyl (C=O) groups is 3. The van der Waals surface area contributed by atoms with Gasteiger partial charge >= 0.3 is 11.9 Å². The summed E-state index contributed by atoms with van der Waals surface area (Å²) >= 11 is 0. The normalized spacial score (nSPS) is 42.6. The monoisotopic (exact) mass is 521 g/mol. The first-order valence-corrected chi connectivity index (χ1v) is 14.5. The number of fused-ring (bicyclic) bond motifs is 5. The van der Waals surface area contributed by atoms with Gasteiger partial charge in [-0.3, -0.25) is 9.59 Å². The molecule has 5 N–H and O–H groups in total. The lowest BCUT2D eigenvalue weighted by molar-refractivity contribution is -0.175. The summed E-state index contributed by atoms with van der Waals surface area (Å²) in [6.45, 7) is 6.85. The van der Waals surface area contributed by atoms with Crippen LogP contribution in [0.5, 0.6) is 0 Å². The molecule has 4 aliphatic carbocycles. The number of nitrogens with one attached hydrogen (secondary N) is 1. The van der Waals surface area contributed by atoms with Crippen molar-refractivity contribution in [3.63, 3.8) is 0 Å². The third kappa shape index (κ3) is 5.29. The molecule has 0 radical (unpaired) electrons. The maximum Gasteiger partial charge on any atom is 0.326 e. The molecule has 1 amide bonds. The Morgan fingerprint density at radius 1 is 0.919 bits per heavy atom. The van der Waals surface area contributed by atoms with Gasteiger partial charge < -0.3 is 25.7 Å². The standard InChI is InChI=1S/C29H47NO7/c1-16(4-10-25(33)30-23(27(36)37)9-11-26(34)35)20-7-8-21-19-6-5-17-14-18(31)12-13-28(17,2)22(19)15-24(32)29(20,21)3/h16-24,31-32H,4-15H2,1-3H3,(H,30,33)(H,34,35)(H,36,37)/t16-,17-,18-,19+,20-,21+,22+,23+,24+,28+,29-/m1/s1. The van der Waals surface area contributed by atoms with Crippen LogP contribution in [0.25, 0.3) is 0 Å². The van der Waals surface area contributed by atoms with Gasteiger partial charge in [-0.1, -0.05) is 20.8 Å². The van der Waals surface area contributed by atoms with E-state index in [1.165, 1.54) is 12.8 Å². The average molecular weight is 522 g/mol. The molecule has 4 saturated carbocycles. The molecule has 0 aliphatic heterocycles. The summed E-state index contributed by atoms with van der Waals surface area (Å²) in [7, 11) is 0. The van der Waals surface area contributed by atoms with Gasteiger partial charge in [-0.15, -0.1) is 0 Å². The molecule has 11 atom stereocenters. The summed E-state index contributed by atoms with van der Waals surface area (Å²) in [5.41, 5.74) is 0.0209. The van der Waals surface area contributed by atoms with Crippen LogP contribution in [-0.2, 0) is 14.4 Å². The molecule has 0 aromatic heterocycles. The number of carboxylic acid groups (broad SMARTS) is 2. The van der Waals surface area contributed by atoms with Gasteiger partial charge in [0.2, 0.25) is 5.91 Å². The Morgan fingerprint density at radius 3 is 2.32 bits per heavy atom. The number of amides is 1. The van der Waals surface area contributed by atoms with E-state index in [0.29, 0.717) is 36.0 Å². The molecule has 37 heavy (non-hydrogen) atoms. The number of aliphatic carboxylic acids is 2. The Kier molecular flexibility index (Phi) is 8.30. The summed E-state index contributed by atoms with van der Waals surface area (Å²) in [4.78, 5) is 34.8. The minimum Gasteiger partial charge on any atom is -0.481 e. The van der Waals surface area contributed by atoms with Gasteiger partial charge in [0.25, 0.3) is 0 Å². The Morgan fingerprint density at radius 2 is 1.65 bits per heavy atom. The van der Waals surface area contributed by atoms with Crippen LogP contribution in [-0.4, -0.2) is 56.5 Å². The minimum atomic E-state index is -1.22. The third-order valence-corrected chi connectivity index (χ3v) is 11.6. The second kappa shape index (κ2) is 10.8. The fourth-order valence-electron chi connectivity index (χ4n) is 9.51. The van der Waals surface area contributed by atoms with Crippen molar-refractivity contribution in [2.45, 2.75) is 116 Å². The van der Waals surface area contributed by atoms with E-state index in [1.807, 2.05) is 0 Å². The quantitative estimate of drug-likeness (QED) is 0.310. The lowest BCUT2D eigenvalue weighted by Gasteiger charge is -2.62. The van der Waals surface area contributed by atoms with E-state index in [2.05, 4.69) is 26.1 Å². The maximum atomic E-state index is 12.5. The van der Waals surface area contributed by atoms with E-state index >= 15 is 0 Å². The zero-order chi connectivity index (χ0) is 27.1. The van der Waals surface area contributed by atoms with Crippen molar-refractivity contribution in [3.8, 4) is 0 Å². The summed E-state index contributed by atoms with van der Waals surface area (Å²) < 4.78 is 0. The predicted octanol–water partition coefficient (Wildman–Crippen LogP) is 3.83. The zero-order valence-electron chi connectivity index (χ0n) is 22.7.